The minimum Gasteiger partial charge on any atom is -0.394 e. The quantitative estimate of drug-likeness (QED) is 0.765. The van der Waals surface area contributed by atoms with Crippen LogP contribution < -0.4 is 5.32 Å². The number of aliphatic hydroxyl groups excluding tert-OH is 1. The Balaban J connectivity index is 2.73. The van der Waals surface area contributed by atoms with Crippen molar-refractivity contribution in [1.29, 1.82) is 0 Å². The lowest BCUT2D eigenvalue weighted by atomic mass is 10.1. The molecule has 1 aromatic carbocycles. The van der Waals surface area contributed by atoms with Crippen LogP contribution in [0.3, 0.4) is 0 Å². The summed E-state index contributed by atoms with van der Waals surface area (Å²) in [5, 5.41) is 12.5. The minimum absolute atomic E-state index is 0.00704. The van der Waals surface area contributed by atoms with Gasteiger partial charge in [-0.25, -0.2) is 0 Å². The van der Waals surface area contributed by atoms with Gasteiger partial charge in [-0.1, -0.05) is 36.4 Å². The summed E-state index contributed by atoms with van der Waals surface area (Å²) in [4.78, 5) is 0. The van der Waals surface area contributed by atoms with Crippen LogP contribution in [-0.2, 0) is 0 Å². The summed E-state index contributed by atoms with van der Waals surface area (Å²) in [6.07, 6.45) is 1.99. The van der Waals surface area contributed by atoms with E-state index in [1.54, 1.807) is 0 Å². The van der Waals surface area contributed by atoms with Crippen molar-refractivity contribution in [3.8, 4) is 0 Å². The van der Waals surface area contributed by atoms with E-state index in [1.165, 1.54) is 0 Å². The van der Waals surface area contributed by atoms with Gasteiger partial charge in [0.25, 0.3) is 0 Å². The molecule has 2 nitrogen and oxygen atoms in total. The first-order chi connectivity index (χ1) is 6.77. The number of benzene rings is 1. The third-order valence-corrected chi connectivity index (χ3v) is 2.22. The van der Waals surface area contributed by atoms with Crippen molar-refractivity contribution in [2.24, 2.45) is 0 Å². The molecule has 1 rings (SSSR count). The molecule has 0 saturated heterocycles. The van der Waals surface area contributed by atoms with Gasteiger partial charge in [0.1, 0.15) is 0 Å². The topological polar surface area (TPSA) is 32.3 Å². The highest BCUT2D eigenvalue weighted by Crippen LogP contribution is 2.12. The molecule has 0 heterocycles. The zero-order valence-corrected chi connectivity index (χ0v) is 8.70. The molecule has 2 heteroatoms. The van der Waals surface area contributed by atoms with Crippen molar-refractivity contribution in [1.82, 2.24) is 5.32 Å². The van der Waals surface area contributed by atoms with Crippen molar-refractivity contribution < 1.29 is 5.11 Å². The maximum absolute atomic E-state index is 9.23. The van der Waals surface area contributed by atoms with Crippen LogP contribution in [0.15, 0.2) is 42.1 Å². The van der Waals surface area contributed by atoms with Crippen LogP contribution in [0.2, 0.25) is 0 Å². The molecule has 14 heavy (non-hydrogen) atoms. The van der Waals surface area contributed by atoms with E-state index in [2.05, 4.69) is 5.32 Å². The standard InChI is InChI=1S/C12H17NO/c1-3-10(2)13-12(9-14)11-7-5-4-6-8-11/h3-8,12-14H,9H2,1-2H3/b10-3+. The van der Waals surface area contributed by atoms with Crippen LogP contribution in [0.4, 0.5) is 0 Å². The lowest BCUT2D eigenvalue weighted by Gasteiger charge is -2.18. The van der Waals surface area contributed by atoms with Crippen LogP contribution in [0.25, 0.3) is 0 Å². The molecule has 0 amide bonds. The van der Waals surface area contributed by atoms with Gasteiger partial charge in [-0.05, 0) is 19.4 Å². The lowest BCUT2D eigenvalue weighted by molar-refractivity contribution is 0.252. The van der Waals surface area contributed by atoms with E-state index in [9.17, 15) is 5.11 Å². The molecule has 0 radical (unpaired) electrons. The zero-order chi connectivity index (χ0) is 10.4. The summed E-state index contributed by atoms with van der Waals surface area (Å²) >= 11 is 0. The van der Waals surface area contributed by atoms with Gasteiger partial charge >= 0.3 is 0 Å². The Kier molecular flexibility index (Phi) is 4.20. The average Bonchev–Trinajstić information content (AvgIpc) is 2.26. The minimum atomic E-state index is -0.00704. The molecule has 1 aromatic rings. The molecule has 0 aliphatic heterocycles. The predicted octanol–water partition coefficient (Wildman–Crippen LogP) is 2.23. The molecule has 1 atom stereocenters. The van der Waals surface area contributed by atoms with Gasteiger partial charge in [0.2, 0.25) is 0 Å². The van der Waals surface area contributed by atoms with E-state index >= 15 is 0 Å². The second-order valence-corrected chi connectivity index (χ2v) is 3.26. The second-order valence-electron chi connectivity index (χ2n) is 3.26. The first-order valence-electron chi connectivity index (χ1n) is 4.83. The number of hydrogen-bond acceptors (Lipinski definition) is 2. The highest BCUT2D eigenvalue weighted by atomic mass is 16.3. The first kappa shape index (κ1) is 10.8. The fourth-order valence-electron chi connectivity index (χ4n) is 1.28. The predicted molar refractivity (Wildman–Crippen MR) is 58.8 cm³/mol. The van der Waals surface area contributed by atoms with E-state index < -0.39 is 0 Å². The summed E-state index contributed by atoms with van der Waals surface area (Å²) in [6, 6.07) is 9.94. The molecule has 1 unspecified atom stereocenters. The van der Waals surface area contributed by atoms with Gasteiger partial charge in [0, 0.05) is 5.70 Å². The monoisotopic (exact) mass is 191 g/mol. The van der Waals surface area contributed by atoms with Crippen molar-refractivity contribution in [2.75, 3.05) is 6.61 Å². The van der Waals surface area contributed by atoms with Gasteiger partial charge in [-0.3, -0.25) is 0 Å². The molecule has 2 N–H and O–H groups in total. The van der Waals surface area contributed by atoms with E-state index in [1.807, 2.05) is 50.3 Å². The molecule has 0 aromatic heterocycles. The zero-order valence-electron chi connectivity index (χ0n) is 8.70. The van der Waals surface area contributed by atoms with E-state index in [-0.39, 0.29) is 12.6 Å². The maximum Gasteiger partial charge on any atom is 0.0742 e. The number of rotatable bonds is 4. The summed E-state index contributed by atoms with van der Waals surface area (Å²) in [6.45, 7) is 4.07. The van der Waals surface area contributed by atoms with E-state index in [0.717, 1.165) is 11.3 Å². The lowest BCUT2D eigenvalue weighted by Crippen LogP contribution is -2.22. The highest BCUT2D eigenvalue weighted by Gasteiger charge is 2.08. The Morgan fingerprint density at radius 2 is 2.07 bits per heavy atom. The Hall–Kier alpha value is -1.28. The molecule has 0 bridgehead atoms. The third kappa shape index (κ3) is 2.89. The summed E-state index contributed by atoms with van der Waals surface area (Å²) in [5.74, 6) is 0. The van der Waals surface area contributed by atoms with Crippen molar-refractivity contribution in [3.63, 3.8) is 0 Å². The second kappa shape index (κ2) is 5.45. The first-order valence-corrected chi connectivity index (χ1v) is 4.83. The van der Waals surface area contributed by atoms with Crippen molar-refractivity contribution >= 4 is 0 Å². The average molecular weight is 191 g/mol. The molecule has 0 saturated carbocycles. The van der Waals surface area contributed by atoms with E-state index in [4.69, 9.17) is 0 Å². The molecular weight excluding hydrogens is 174 g/mol. The van der Waals surface area contributed by atoms with Gasteiger partial charge in [0.05, 0.1) is 12.6 Å². The molecule has 76 valence electrons. The summed E-state index contributed by atoms with van der Waals surface area (Å²) in [5.41, 5.74) is 2.18. The number of allylic oxidation sites excluding steroid dienone is 2. The van der Waals surface area contributed by atoms with Crippen LogP contribution in [0.5, 0.6) is 0 Å². The Labute approximate surface area is 85.3 Å². The number of nitrogens with one attached hydrogen (secondary N) is 1. The fraction of sp³-hybridized carbons (Fsp3) is 0.333. The van der Waals surface area contributed by atoms with Gasteiger partial charge < -0.3 is 10.4 Å². The van der Waals surface area contributed by atoms with Crippen LogP contribution >= 0.6 is 0 Å². The van der Waals surface area contributed by atoms with Gasteiger partial charge in [-0.2, -0.15) is 0 Å². The molecule has 0 spiro atoms. The number of hydrogen-bond donors (Lipinski definition) is 2. The molecule has 0 aliphatic rings. The Bertz CT molecular complexity index is 292. The van der Waals surface area contributed by atoms with Crippen LogP contribution in [-0.4, -0.2) is 11.7 Å². The molecule has 0 fully saturated rings. The van der Waals surface area contributed by atoms with Gasteiger partial charge in [-0.15, -0.1) is 0 Å². The SMILES string of the molecule is C/C=C(\C)NC(CO)c1ccccc1. The van der Waals surface area contributed by atoms with E-state index in [0.29, 0.717) is 0 Å². The summed E-state index contributed by atoms with van der Waals surface area (Å²) in [7, 11) is 0. The molecule has 0 aliphatic carbocycles. The normalized spacial score (nSPS) is 13.8. The Morgan fingerprint density at radius 1 is 1.43 bits per heavy atom. The van der Waals surface area contributed by atoms with Crippen LogP contribution in [0, 0.1) is 0 Å². The Morgan fingerprint density at radius 3 is 2.57 bits per heavy atom. The highest BCUT2D eigenvalue weighted by molar-refractivity contribution is 5.20. The number of aliphatic hydroxyl groups is 1. The smallest absolute Gasteiger partial charge is 0.0742 e. The maximum atomic E-state index is 9.23. The van der Waals surface area contributed by atoms with Crippen LogP contribution in [0.1, 0.15) is 25.5 Å². The third-order valence-electron chi connectivity index (χ3n) is 2.22. The summed E-state index contributed by atoms with van der Waals surface area (Å²) < 4.78 is 0. The van der Waals surface area contributed by atoms with Crippen molar-refractivity contribution in [3.05, 3.63) is 47.7 Å². The molecular formula is C12H17NO. The van der Waals surface area contributed by atoms with Gasteiger partial charge in [0.15, 0.2) is 0 Å². The van der Waals surface area contributed by atoms with Crippen molar-refractivity contribution in [2.45, 2.75) is 19.9 Å². The fourth-order valence-corrected chi connectivity index (χ4v) is 1.28. The largest absolute Gasteiger partial charge is 0.394 e.